The molecular weight excluding hydrogens is 350 g/mol. The van der Waals surface area contributed by atoms with E-state index in [0.29, 0.717) is 13.0 Å². The molecule has 3 rings (SSSR count). The standard InChI is InChI=1S/C23H29N3O2/c1-2-23(27)24-16-10-15-22-25-20-13-6-7-14-21(20)26(22)17-8-9-18-28-19-11-4-3-5-12-19/h3-7,11-14H,2,8-10,15-18H2,1H3,(H,24,27). The molecule has 0 spiro atoms. The van der Waals surface area contributed by atoms with E-state index in [1.807, 2.05) is 43.3 Å². The number of carbonyl (C=O) groups excluding carboxylic acids is 1. The number of hydrogen-bond donors (Lipinski definition) is 1. The summed E-state index contributed by atoms with van der Waals surface area (Å²) in [6, 6.07) is 18.2. The predicted octanol–water partition coefficient (Wildman–Crippen LogP) is 4.35. The van der Waals surface area contributed by atoms with E-state index in [4.69, 9.17) is 9.72 Å². The van der Waals surface area contributed by atoms with E-state index in [1.54, 1.807) is 0 Å². The molecule has 1 amide bonds. The second-order valence-corrected chi connectivity index (χ2v) is 6.84. The third kappa shape index (κ3) is 5.59. The molecule has 0 atom stereocenters. The zero-order valence-corrected chi connectivity index (χ0v) is 16.6. The van der Waals surface area contributed by atoms with Gasteiger partial charge in [-0.05, 0) is 43.5 Å². The Balaban J connectivity index is 1.53. The minimum Gasteiger partial charge on any atom is -0.494 e. The Morgan fingerprint density at radius 3 is 2.64 bits per heavy atom. The predicted molar refractivity (Wildman–Crippen MR) is 113 cm³/mol. The van der Waals surface area contributed by atoms with E-state index in [2.05, 4.69) is 28.1 Å². The lowest BCUT2D eigenvalue weighted by atomic mass is 10.2. The summed E-state index contributed by atoms with van der Waals surface area (Å²) >= 11 is 0. The average Bonchev–Trinajstić information content (AvgIpc) is 3.09. The monoisotopic (exact) mass is 379 g/mol. The molecule has 0 bridgehead atoms. The maximum atomic E-state index is 11.4. The molecular formula is C23H29N3O2. The lowest BCUT2D eigenvalue weighted by Crippen LogP contribution is -2.23. The fraction of sp³-hybridized carbons (Fsp3) is 0.391. The van der Waals surface area contributed by atoms with E-state index in [0.717, 1.165) is 55.9 Å². The number of nitrogens with zero attached hydrogens (tertiary/aromatic N) is 2. The van der Waals surface area contributed by atoms with Crippen LogP contribution in [-0.2, 0) is 17.8 Å². The van der Waals surface area contributed by atoms with E-state index in [1.165, 1.54) is 5.52 Å². The van der Waals surface area contributed by atoms with Crippen LogP contribution in [0.3, 0.4) is 0 Å². The van der Waals surface area contributed by atoms with Crippen LogP contribution in [0, 0.1) is 0 Å². The summed E-state index contributed by atoms with van der Waals surface area (Å²) in [5.41, 5.74) is 2.22. The number of aromatic nitrogens is 2. The first-order valence-corrected chi connectivity index (χ1v) is 10.2. The Morgan fingerprint density at radius 2 is 1.82 bits per heavy atom. The zero-order chi connectivity index (χ0) is 19.6. The SMILES string of the molecule is CCC(=O)NCCCc1nc2ccccc2n1CCCCOc1ccccc1. The zero-order valence-electron chi connectivity index (χ0n) is 16.6. The van der Waals surface area contributed by atoms with Crippen molar-refractivity contribution in [2.24, 2.45) is 0 Å². The van der Waals surface area contributed by atoms with Gasteiger partial charge in [0.15, 0.2) is 0 Å². The van der Waals surface area contributed by atoms with Gasteiger partial charge in [0.25, 0.3) is 0 Å². The molecule has 1 heterocycles. The number of unbranched alkanes of at least 4 members (excludes halogenated alkanes) is 1. The Bertz CT molecular complexity index is 874. The minimum atomic E-state index is 0.104. The number of amides is 1. The van der Waals surface area contributed by atoms with Crippen molar-refractivity contribution in [2.45, 2.75) is 45.6 Å². The second-order valence-electron chi connectivity index (χ2n) is 6.84. The van der Waals surface area contributed by atoms with Crippen LogP contribution < -0.4 is 10.1 Å². The minimum absolute atomic E-state index is 0.104. The molecule has 0 radical (unpaired) electrons. The lowest BCUT2D eigenvalue weighted by Gasteiger charge is -2.10. The van der Waals surface area contributed by atoms with Gasteiger partial charge in [-0.3, -0.25) is 4.79 Å². The Morgan fingerprint density at radius 1 is 1.04 bits per heavy atom. The molecule has 28 heavy (non-hydrogen) atoms. The van der Waals surface area contributed by atoms with Gasteiger partial charge in [-0.1, -0.05) is 37.3 Å². The number of hydrogen-bond acceptors (Lipinski definition) is 3. The number of ether oxygens (including phenoxy) is 1. The number of rotatable bonds is 11. The highest BCUT2D eigenvalue weighted by molar-refractivity contribution is 5.76. The van der Waals surface area contributed by atoms with Crippen LogP contribution in [0.5, 0.6) is 5.75 Å². The van der Waals surface area contributed by atoms with Gasteiger partial charge in [-0.25, -0.2) is 4.98 Å². The van der Waals surface area contributed by atoms with E-state index in [9.17, 15) is 4.79 Å². The maximum Gasteiger partial charge on any atom is 0.219 e. The van der Waals surface area contributed by atoms with Crippen molar-refractivity contribution in [2.75, 3.05) is 13.2 Å². The summed E-state index contributed by atoms with van der Waals surface area (Å²) in [6.45, 7) is 4.21. The van der Waals surface area contributed by atoms with Gasteiger partial charge in [0, 0.05) is 25.9 Å². The number of carbonyl (C=O) groups is 1. The van der Waals surface area contributed by atoms with Crippen LogP contribution in [0.15, 0.2) is 54.6 Å². The van der Waals surface area contributed by atoms with Crippen molar-refractivity contribution in [1.82, 2.24) is 14.9 Å². The Hall–Kier alpha value is -2.82. The van der Waals surface area contributed by atoms with Crippen molar-refractivity contribution in [1.29, 1.82) is 0 Å². The summed E-state index contributed by atoms with van der Waals surface area (Å²) in [5, 5.41) is 2.94. The molecule has 1 aromatic heterocycles. The molecule has 0 unspecified atom stereocenters. The van der Waals surface area contributed by atoms with Gasteiger partial charge < -0.3 is 14.6 Å². The molecule has 148 valence electrons. The summed E-state index contributed by atoms with van der Waals surface area (Å²) in [7, 11) is 0. The van der Waals surface area contributed by atoms with Crippen LogP contribution in [0.1, 0.15) is 38.4 Å². The highest BCUT2D eigenvalue weighted by atomic mass is 16.5. The molecule has 0 saturated heterocycles. The van der Waals surface area contributed by atoms with E-state index >= 15 is 0 Å². The smallest absolute Gasteiger partial charge is 0.219 e. The lowest BCUT2D eigenvalue weighted by molar-refractivity contribution is -0.120. The largest absolute Gasteiger partial charge is 0.494 e. The fourth-order valence-corrected chi connectivity index (χ4v) is 3.24. The number of benzene rings is 2. The maximum absolute atomic E-state index is 11.4. The van der Waals surface area contributed by atoms with Crippen LogP contribution in [0.4, 0.5) is 0 Å². The van der Waals surface area contributed by atoms with Crippen LogP contribution in [-0.4, -0.2) is 28.6 Å². The molecule has 3 aromatic rings. The number of aryl methyl sites for hydroxylation is 2. The average molecular weight is 380 g/mol. The third-order valence-corrected chi connectivity index (χ3v) is 4.74. The molecule has 2 aromatic carbocycles. The van der Waals surface area contributed by atoms with Gasteiger partial charge in [0.2, 0.25) is 5.91 Å². The van der Waals surface area contributed by atoms with Gasteiger partial charge >= 0.3 is 0 Å². The number of imidazole rings is 1. The van der Waals surface area contributed by atoms with Gasteiger partial charge in [0.1, 0.15) is 11.6 Å². The molecule has 0 fully saturated rings. The van der Waals surface area contributed by atoms with E-state index < -0.39 is 0 Å². The van der Waals surface area contributed by atoms with Crippen molar-refractivity contribution < 1.29 is 9.53 Å². The van der Waals surface area contributed by atoms with Crippen molar-refractivity contribution in [3.63, 3.8) is 0 Å². The quantitative estimate of drug-likeness (QED) is 0.504. The van der Waals surface area contributed by atoms with E-state index in [-0.39, 0.29) is 5.91 Å². The highest BCUT2D eigenvalue weighted by Crippen LogP contribution is 2.18. The highest BCUT2D eigenvalue weighted by Gasteiger charge is 2.10. The summed E-state index contributed by atoms with van der Waals surface area (Å²) < 4.78 is 8.11. The molecule has 5 nitrogen and oxygen atoms in total. The molecule has 0 saturated carbocycles. The van der Waals surface area contributed by atoms with Crippen LogP contribution >= 0.6 is 0 Å². The second kappa shape index (κ2) is 10.5. The first-order valence-electron chi connectivity index (χ1n) is 10.2. The molecule has 1 N–H and O–H groups in total. The molecule has 0 aliphatic carbocycles. The number of para-hydroxylation sites is 3. The van der Waals surface area contributed by atoms with Gasteiger partial charge in [-0.15, -0.1) is 0 Å². The van der Waals surface area contributed by atoms with Crippen LogP contribution in [0.25, 0.3) is 11.0 Å². The summed E-state index contributed by atoms with van der Waals surface area (Å²) in [6.07, 6.45) is 4.31. The van der Waals surface area contributed by atoms with Crippen LogP contribution in [0.2, 0.25) is 0 Å². The molecule has 5 heteroatoms. The number of fused-ring (bicyclic) bond motifs is 1. The number of nitrogens with one attached hydrogen (secondary N) is 1. The molecule has 0 aliphatic heterocycles. The van der Waals surface area contributed by atoms with Gasteiger partial charge in [0.05, 0.1) is 17.6 Å². The van der Waals surface area contributed by atoms with Crippen molar-refractivity contribution in [3.8, 4) is 5.75 Å². The Kier molecular flexibility index (Phi) is 7.47. The fourth-order valence-electron chi connectivity index (χ4n) is 3.24. The summed E-state index contributed by atoms with van der Waals surface area (Å²) in [4.78, 5) is 16.2. The topological polar surface area (TPSA) is 56.2 Å². The van der Waals surface area contributed by atoms with Crippen molar-refractivity contribution >= 4 is 16.9 Å². The third-order valence-electron chi connectivity index (χ3n) is 4.74. The first-order chi connectivity index (χ1) is 13.8. The van der Waals surface area contributed by atoms with Crippen molar-refractivity contribution in [3.05, 3.63) is 60.4 Å². The first kappa shape index (κ1) is 19.9. The summed E-state index contributed by atoms with van der Waals surface area (Å²) in [5.74, 6) is 2.12. The normalized spacial score (nSPS) is 10.9. The Labute approximate surface area is 166 Å². The van der Waals surface area contributed by atoms with Gasteiger partial charge in [-0.2, -0.15) is 0 Å². The molecule has 0 aliphatic rings.